The number of benzene rings is 2. The predicted octanol–water partition coefficient (Wildman–Crippen LogP) is 4.51. The molecule has 0 unspecified atom stereocenters. The summed E-state index contributed by atoms with van der Waals surface area (Å²) in [6.07, 6.45) is 1.51. The van der Waals surface area contributed by atoms with Crippen molar-refractivity contribution < 1.29 is 18.7 Å². The van der Waals surface area contributed by atoms with Crippen LogP contribution in [0.25, 0.3) is 0 Å². The molecule has 3 nitrogen and oxygen atoms in total. The number of carbonyl (C=O) groups is 1. The lowest BCUT2D eigenvalue weighted by atomic mass is 10.2. The first kappa shape index (κ1) is 16.2. The molecule has 0 radical (unpaired) electrons. The summed E-state index contributed by atoms with van der Waals surface area (Å²) in [5.74, 6) is -0.123. The molecular weight excluding hydrogens is 351 g/mol. The van der Waals surface area contributed by atoms with E-state index >= 15 is 0 Å². The minimum absolute atomic E-state index is 0.166. The molecule has 0 fully saturated rings. The maximum Gasteiger partial charge on any atom is 0.338 e. The fourth-order valence-electron chi connectivity index (χ4n) is 1.70. The molecule has 0 aliphatic rings. The number of hydrogen-bond donors (Lipinski definition) is 0. The van der Waals surface area contributed by atoms with Crippen molar-refractivity contribution >= 4 is 21.9 Å². The van der Waals surface area contributed by atoms with Gasteiger partial charge in [-0.15, -0.1) is 0 Å². The molecule has 0 saturated carbocycles. The largest absolute Gasteiger partial charge is 0.488 e. The molecule has 0 spiro atoms. The molecule has 5 heteroatoms. The third kappa shape index (κ3) is 4.43. The monoisotopic (exact) mass is 364 g/mol. The molecule has 2 aromatic rings. The summed E-state index contributed by atoms with van der Waals surface area (Å²) in [5, 5.41) is 0. The maximum atomic E-state index is 12.8. The summed E-state index contributed by atoms with van der Waals surface area (Å²) in [6.45, 7) is 3.96. The van der Waals surface area contributed by atoms with Gasteiger partial charge in [0.05, 0.1) is 10.0 Å². The van der Waals surface area contributed by atoms with Gasteiger partial charge in [0.25, 0.3) is 0 Å². The minimum Gasteiger partial charge on any atom is -0.488 e. The van der Waals surface area contributed by atoms with Crippen molar-refractivity contribution in [3.05, 3.63) is 76.5 Å². The molecule has 0 amide bonds. The third-order valence-corrected chi connectivity index (χ3v) is 3.43. The van der Waals surface area contributed by atoms with Crippen molar-refractivity contribution in [3.8, 4) is 5.75 Å². The van der Waals surface area contributed by atoms with Gasteiger partial charge in [-0.2, -0.15) is 0 Å². The highest BCUT2D eigenvalue weighted by Gasteiger charge is 2.10. The first-order chi connectivity index (χ1) is 10.6. The Morgan fingerprint density at radius 2 is 1.95 bits per heavy atom. The molecule has 0 atom stereocenters. The standard InChI is InChI=1S/C17H14BrFO3/c1-2-9-21-17(20)13-5-8-16(15(18)10-13)22-11-12-3-6-14(19)7-4-12/h2-8,10H,1,9,11H2. The maximum absolute atomic E-state index is 12.8. The number of ether oxygens (including phenoxy) is 2. The normalized spacial score (nSPS) is 10.1. The van der Waals surface area contributed by atoms with Gasteiger partial charge in [-0.1, -0.05) is 24.8 Å². The molecule has 0 aliphatic heterocycles. The Hall–Kier alpha value is -2.14. The third-order valence-electron chi connectivity index (χ3n) is 2.81. The summed E-state index contributed by atoms with van der Waals surface area (Å²) in [7, 11) is 0. The highest BCUT2D eigenvalue weighted by atomic mass is 79.9. The summed E-state index contributed by atoms with van der Waals surface area (Å²) >= 11 is 3.36. The summed E-state index contributed by atoms with van der Waals surface area (Å²) in [6, 6.07) is 11.0. The van der Waals surface area contributed by atoms with E-state index in [1.54, 1.807) is 30.3 Å². The zero-order valence-corrected chi connectivity index (χ0v) is 13.3. The molecule has 2 aromatic carbocycles. The van der Waals surface area contributed by atoms with Crippen molar-refractivity contribution in [1.29, 1.82) is 0 Å². The molecule has 0 bridgehead atoms. The second-order valence-corrected chi connectivity index (χ2v) is 5.30. The van der Waals surface area contributed by atoms with Crippen LogP contribution >= 0.6 is 15.9 Å². The highest BCUT2D eigenvalue weighted by Crippen LogP contribution is 2.27. The van der Waals surface area contributed by atoms with Crippen molar-refractivity contribution in [1.82, 2.24) is 0 Å². The Morgan fingerprint density at radius 1 is 1.23 bits per heavy atom. The number of rotatable bonds is 6. The van der Waals surface area contributed by atoms with Crippen LogP contribution in [0.1, 0.15) is 15.9 Å². The smallest absolute Gasteiger partial charge is 0.338 e. The van der Waals surface area contributed by atoms with Gasteiger partial charge in [0, 0.05) is 0 Å². The van der Waals surface area contributed by atoms with Gasteiger partial charge in [0.2, 0.25) is 0 Å². The molecule has 114 valence electrons. The van der Waals surface area contributed by atoms with E-state index in [0.717, 1.165) is 5.56 Å². The van der Waals surface area contributed by atoms with Crippen LogP contribution in [0.15, 0.2) is 59.6 Å². The van der Waals surface area contributed by atoms with Crippen molar-refractivity contribution in [2.24, 2.45) is 0 Å². The van der Waals surface area contributed by atoms with Gasteiger partial charge in [-0.25, -0.2) is 9.18 Å². The molecule has 0 aliphatic carbocycles. The van der Waals surface area contributed by atoms with Crippen LogP contribution in [0, 0.1) is 5.82 Å². The van der Waals surface area contributed by atoms with Crippen LogP contribution < -0.4 is 4.74 Å². The SMILES string of the molecule is C=CCOC(=O)c1ccc(OCc2ccc(F)cc2)c(Br)c1. The van der Waals surface area contributed by atoms with E-state index in [4.69, 9.17) is 9.47 Å². The minimum atomic E-state index is -0.425. The summed E-state index contributed by atoms with van der Waals surface area (Å²) in [5.41, 5.74) is 1.27. The predicted molar refractivity (Wildman–Crippen MR) is 85.4 cm³/mol. The van der Waals surface area contributed by atoms with E-state index in [1.165, 1.54) is 18.2 Å². The van der Waals surface area contributed by atoms with E-state index < -0.39 is 5.97 Å². The van der Waals surface area contributed by atoms with Crippen LogP contribution in [-0.4, -0.2) is 12.6 Å². The average molecular weight is 365 g/mol. The van der Waals surface area contributed by atoms with E-state index in [9.17, 15) is 9.18 Å². The number of hydrogen-bond acceptors (Lipinski definition) is 3. The fourth-order valence-corrected chi connectivity index (χ4v) is 2.20. The second kappa shape index (κ2) is 7.75. The van der Waals surface area contributed by atoms with Gasteiger partial charge in [-0.05, 0) is 51.8 Å². The van der Waals surface area contributed by atoms with Crippen molar-refractivity contribution in [3.63, 3.8) is 0 Å². The van der Waals surface area contributed by atoms with Gasteiger partial charge in [0.1, 0.15) is 24.8 Å². The van der Waals surface area contributed by atoms with Crippen LogP contribution in [0.5, 0.6) is 5.75 Å². The molecule has 0 heterocycles. The summed E-state index contributed by atoms with van der Waals surface area (Å²) < 4.78 is 24.1. The lowest BCUT2D eigenvalue weighted by Gasteiger charge is -2.09. The molecular formula is C17H14BrFO3. The van der Waals surface area contributed by atoms with Crippen LogP contribution in [0.2, 0.25) is 0 Å². The molecule has 2 rings (SSSR count). The zero-order valence-electron chi connectivity index (χ0n) is 11.7. The van der Waals surface area contributed by atoms with Gasteiger partial charge < -0.3 is 9.47 Å². The molecule has 0 N–H and O–H groups in total. The van der Waals surface area contributed by atoms with E-state index in [2.05, 4.69) is 22.5 Å². The molecule has 22 heavy (non-hydrogen) atoms. The molecule has 0 saturated heterocycles. The first-order valence-electron chi connectivity index (χ1n) is 6.55. The Kier molecular flexibility index (Phi) is 5.72. The lowest BCUT2D eigenvalue weighted by Crippen LogP contribution is -2.05. The summed E-state index contributed by atoms with van der Waals surface area (Å²) in [4.78, 5) is 11.7. The number of halogens is 2. The Bertz CT molecular complexity index is 668. The quantitative estimate of drug-likeness (QED) is 0.558. The van der Waals surface area contributed by atoms with Crippen LogP contribution in [0.4, 0.5) is 4.39 Å². The first-order valence-corrected chi connectivity index (χ1v) is 7.34. The van der Waals surface area contributed by atoms with E-state index in [0.29, 0.717) is 22.4 Å². The second-order valence-electron chi connectivity index (χ2n) is 4.45. The van der Waals surface area contributed by atoms with Crippen molar-refractivity contribution in [2.45, 2.75) is 6.61 Å². The zero-order chi connectivity index (χ0) is 15.9. The number of carbonyl (C=O) groups excluding carboxylic acids is 1. The van der Waals surface area contributed by atoms with Crippen molar-refractivity contribution in [2.75, 3.05) is 6.61 Å². The lowest BCUT2D eigenvalue weighted by molar-refractivity contribution is 0.0549. The van der Waals surface area contributed by atoms with E-state index in [1.807, 2.05) is 0 Å². The average Bonchev–Trinajstić information content (AvgIpc) is 2.53. The van der Waals surface area contributed by atoms with Crippen LogP contribution in [0.3, 0.4) is 0 Å². The number of esters is 1. The highest BCUT2D eigenvalue weighted by molar-refractivity contribution is 9.10. The Labute approximate surface area is 136 Å². The topological polar surface area (TPSA) is 35.5 Å². The Balaban J connectivity index is 2.01. The fraction of sp³-hybridized carbons (Fsp3) is 0.118. The molecule has 0 aromatic heterocycles. The van der Waals surface area contributed by atoms with E-state index in [-0.39, 0.29) is 12.4 Å². The van der Waals surface area contributed by atoms with Gasteiger partial charge in [0.15, 0.2) is 0 Å². The van der Waals surface area contributed by atoms with Gasteiger partial charge >= 0.3 is 5.97 Å². The van der Waals surface area contributed by atoms with Gasteiger partial charge in [-0.3, -0.25) is 0 Å². The van der Waals surface area contributed by atoms with Crippen LogP contribution in [-0.2, 0) is 11.3 Å². The Morgan fingerprint density at radius 3 is 2.59 bits per heavy atom.